The molecular weight excluding hydrogens is 436 g/mol. The van der Waals surface area contributed by atoms with Gasteiger partial charge in [0, 0.05) is 30.2 Å². The van der Waals surface area contributed by atoms with E-state index in [-0.39, 0.29) is 25.0 Å². The van der Waals surface area contributed by atoms with Crippen LogP contribution < -0.4 is 10.6 Å². The number of methoxy groups -OCH3 is 1. The van der Waals surface area contributed by atoms with Gasteiger partial charge in [-0.3, -0.25) is 9.59 Å². The number of halogens is 1. The van der Waals surface area contributed by atoms with Gasteiger partial charge in [0.15, 0.2) is 0 Å². The fourth-order valence-electron chi connectivity index (χ4n) is 3.06. The van der Waals surface area contributed by atoms with Crippen molar-refractivity contribution in [1.29, 1.82) is 0 Å². The fraction of sp³-hybridized carbons (Fsp3) is 0.286. The molecule has 1 heterocycles. The smallest absolute Gasteiger partial charge is 0.245 e. The lowest BCUT2D eigenvalue weighted by molar-refractivity contribution is -0.124. The maximum absolute atomic E-state index is 12.6. The predicted molar refractivity (Wildman–Crippen MR) is 116 cm³/mol. The Kier molecular flexibility index (Phi) is 7.37. The Bertz CT molecular complexity index is 1000. The molecule has 0 saturated carbocycles. The third-order valence-corrected chi connectivity index (χ3v) is 4.81. The highest BCUT2D eigenvalue weighted by molar-refractivity contribution is 9.10. The summed E-state index contributed by atoms with van der Waals surface area (Å²) in [6, 6.07) is 15.2. The normalized spacial score (nSPS) is 10.8. The van der Waals surface area contributed by atoms with Crippen LogP contribution in [0.25, 0.3) is 11.0 Å². The number of aryl methyl sites for hydroxylation is 1. The number of rotatable bonds is 9. The summed E-state index contributed by atoms with van der Waals surface area (Å²) in [7, 11) is 1.49. The average Bonchev–Trinajstić information content (AvgIpc) is 3.03. The highest BCUT2D eigenvalue weighted by atomic mass is 79.9. The van der Waals surface area contributed by atoms with Gasteiger partial charge in [-0.1, -0.05) is 34.1 Å². The molecule has 0 saturated heterocycles. The SMILES string of the molecule is COCC(=O)NCCCc1nc2ccccc2n1CC(=O)Nc1cccc(Br)c1. The first-order chi connectivity index (χ1) is 14.1. The summed E-state index contributed by atoms with van der Waals surface area (Å²) in [5, 5.41) is 5.72. The van der Waals surface area contributed by atoms with Crippen molar-refractivity contribution >= 4 is 44.5 Å². The van der Waals surface area contributed by atoms with Crippen molar-refractivity contribution in [3.8, 4) is 0 Å². The van der Waals surface area contributed by atoms with Crippen molar-refractivity contribution in [2.24, 2.45) is 0 Å². The van der Waals surface area contributed by atoms with Crippen LogP contribution in [0.2, 0.25) is 0 Å². The third-order valence-electron chi connectivity index (χ3n) is 4.32. The Morgan fingerprint density at radius 2 is 1.97 bits per heavy atom. The average molecular weight is 459 g/mol. The number of fused-ring (bicyclic) bond motifs is 1. The van der Waals surface area contributed by atoms with Crippen molar-refractivity contribution in [1.82, 2.24) is 14.9 Å². The summed E-state index contributed by atoms with van der Waals surface area (Å²) in [5.41, 5.74) is 2.49. The summed E-state index contributed by atoms with van der Waals surface area (Å²) >= 11 is 3.41. The number of nitrogens with one attached hydrogen (secondary N) is 2. The number of imidazole rings is 1. The number of para-hydroxylation sites is 2. The molecule has 7 nitrogen and oxygen atoms in total. The quantitative estimate of drug-likeness (QED) is 0.482. The van der Waals surface area contributed by atoms with Gasteiger partial charge in [-0.25, -0.2) is 4.98 Å². The van der Waals surface area contributed by atoms with E-state index in [0.717, 1.165) is 27.0 Å². The molecule has 8 heteroatoms. The van der Waals surface area contributed by atoms with E-state index < -0.39 is 0 Å². The van der Waals surface area contributed by atoms with Crippen LogP contribution >= 0.6 is 15.9 Å². The Balaban J connectivity index is 1.69. The first-order valence-electron chi connectivity index (χ1n) is 9.32. The van der Waals surface area contributed by atoms with Crippen LogP contribution in [0, 0.1) is 0 Å². The summed E-state index contributed by atoms with van der Waals surface area (Å²) in [6.45, 7) is 0.738. The molecule has 0 atom stereocenters. The van der Waals surface area contributed by atoms with E-state index in [0.29, 0.717) is 19.4 Å². The molecule has 152 valence electrons. The number of ether oxygens (including phenoxy) is 1. The first-order valence-corrected chi connectivity index (χ1v) is 10.1. The Morgan fingerprint density at radius 1 is 1.14 bits per heavy atom. The molecule has 2 amide bonds. The van der Waals surface area contributed by atoms with Gasteiger partial charge in [0.1, 0.15) is 19.0 Å². The molecule has 0 unspecified atom stereocenters. The van der Waals surface area contributed by atoms with Gasteiger partial charge in [-0.2, -0.15) is 0 Å². The van der Waals surface area contributed by atoms with Gasteiger partial charge in [-0.05, 0) is 36.8 Å². The standard InChI is InChI=1S/C21H23BrN4O3/c1-29-14-21(28)23-11-5-10-19-25-17-8-2-3-9-18(17)26(19)13-20(27)24-16-7-4-6-15(22)12-16/h2-4,6-9,12H,5,10-11,13-14H2,1H3,(H,23,28)(H,24,27). The molecule has 2 N–H and O–H groups in total. The van der Waals surface area contributed by atoms with E-state index >= 15 is 0 Å². The van der Waals surface area contributed by atoms with Crippen LogP contribution in [0.15, 0.2) is 53.0 Å². The Labute approximate surface area is 177 Å². The minimum absolute atomic E-state index is 0.0499. The predicted octanol–water partition coefficient (Wildman–Crippen LogP) is 3.13. The topological polar surface area (TPSA) is 85.2 Å². The summed E-state index contributed by atoms with van der Waals surface area (Å²) in [6.07, 6.45) is 1.36. The van der Waals surface area contributed by atoms with Crippen molar-refractivity contribution in [3.63, 3.8) is 0 Å². The van der Waals surface area contributed by atoms with Crippen LogP contribution in [0.5, 0.6) is 0 Å². The molecule has 0 radical (unpaired) electrons. The number of aromatic nitrogens is 2. The van der Waals surface area contributed by atoms with Crippen molar-refractivity contribution < 1.29 is 14.3 Å². The molecule has 3 rings (SSSR count). The number of carbonyl (C=O) groups is 2. The third kappa shape index (κ3) is 5.88. The van der Waals surface area contributed by atoms with E-state index in [9.17, 15) is 9.59 Å². The lowest BCUT2D eigenvalue weighted by Crippen LogP contribution is -2.28. The first kappa shape index (κ1) is 21.0. The summed E-state index contributed by atoms with van der Waals surface area (Å²) < 4.78 is 7.63. The van der Waals surface area contributed by atoms with E-state index in [1.165, 1.54) is 7.11 Å². The second-order valence-corrected chi connectivity index (χ2v) is 7.46. The zero-order valence-electron chi connectivity index (χ0n) is 16.2. The van der Waals surface area contributed by atoms with Crippen LogP contribution in [0.4, 0.5) is 5.69 Å². The second-order valence-electron chi connectivity index (χ2n) is 6.55. The van der Waals surface area contributed by atoms with E-state index in [1.807, 2.05) is 53.1 Å². The summed E-state index contributed by atoms with van der Waals surface area (Å²) in [4.78, 5) is 28.8. The molecule has 29 heavy (non-hydrogen) atoms. The molecular formula is C21H23BrN4O3. The lowest BCUT2D eigenvalue weighted by atomic mass is 10.3. The number of carbonyl (C=O) groups excluding carboxylic acids is 2. The van der Waals surface area contributed by atoms with E-state index in [4.69, 9.17) is 4.74 Å². The summed E-state index contributed by atoms with van der Waals surface area (Å²) in [5.74, 6) is 0.548. The number of anilines is 1. The minimum Gasteiger partial charge on any atom is -0.375 e. The van der Waals surface area contributed by atoms with Gasteiger partial charge >= 0.3 is 0 Å². The maximum atomic E-state index is 12.6. The number of amides is 2. The maximum Gasteiger partial charge on any atom is 0.245 e. The van der Waals surface area contributed by atoms with Gasteiger partial charge in [-0.15, -0.1) is 0 Å². The van der Waals surface area contributed by atoms with Crippen LogP contribution in [0.3, 0.4) is 0 Å². The molecule has 0 fully saturated rings. The zero-order valence-corrected chi connectivity index (χ0v) is 17.7. The van der Waals surface area contributed by atoms with Gasteiger partial charge in [0.25, 0.3) is 0 Å². The number of hydrogen-bond acceptors (Lipinski definition) is 4. The molecule has 1 aromatic heterocycles. The van der Waals surface area contributed by atoms with Crippen LogP contribution in [-0.2, 0) is 27.3 Å². The molecule has 0 aliphatic heterocycles. The molecule has 0 spiro atoms. The van der Waals surface area contributed by atoms with E-state index in [2.05, 4.69) is 31.5 Å². The van der Waals surface area contributed by atoms with E-state index in [1.54, 1.807) is 0 Å². The van der Waals surface area contributed by atoms with Gasteiger partial charge < -0.3 is 19.9 Å². The molecule has 0 aliphatic rings. The molecule has 3 aromatic rings. The van der Waals surface area contributed by atoms with Gasteiger partial charge in [0.2, 0.25) is 11.8 Å². The van der Waals surface area contributed by atoms with Gasteiger partial charge in [0.05, 0.1) is 11.0 Å². The Morgan fingerprint density at radius 3 is 2.76 bits per heavy atom. The van der Waals surface area contributed by atoms with Crippen molar-refractivity contribution in [2.75, 3.05) is 25.6 Å². The van der Waals surface area contributed by atoms with Crippen LogP contribution in [0.1, 0.15) is 12.2 Å². The highest BCUT2D eigenvalue weighted by Crippen LogP contribution is 2.19. The fourth-order valence-corrected chi connectivity index (χ4v) is 3.46. The van der Waals surface area contributed by atoms with Crippen LogP contribution in [-0.4, -0.2) is 41.6 Å². The Hall–Kier alpha value is -2.71. The number of nitrogens with zero attached hydrogens (tertiary/aromatic N) is 2. The zero-order chi connectivity index (χ0) is 20.6. The molecule has 0 bridgehead atoms. The van der Waals surface area contributed by atoms with Crippen molar-refractivity contribution in [3.05, 3.63) is 58.8 Å². The lowest BCUT2D eigenvalue weighted by Gasteiger charge is -2.11. The molecule has 0 aliphatic carbocycles. The minimum atomic E-state index is -0.144. The largest absolute Gasteiger partial charge is 0.375 e. The monoisotopic (exact) mass is 458 g/mol. The second kappa shape index (κ2) is 10.2. The number of hydrogen-bond donors (Lipinski definition) is 2. The number of benzene rings is 2. The highest BCUT2D eigenvalue weighted by Gasteiger charge is 2.14. The molecule has 2 aromatic carbocycles. The van der Waals surface area contributed by atoms with Crippen molar-refractivity contribution in [2.45, 2.75) is 19.4 Å².